The lowest BCUT2D eigenvalue weighted by molar-refractivity contribution is 0.0940. The van der Waals surface area contributed by atoms with E-state index >= 15 is 0 Å². The summed E-state index contributed by atoms with van der Waals surface area (Å²) >= 11 is 0. The van der Waals surface area contributed by atoms with Crippen LogP contribution in [0.2, 0.25) is 0 Å². The number of carbonyl (C=O) groups is 1. The normalized spacial score (nSPS) is 11.5. The van der Waals surface area contributed by atoms with Crippen molar-refractivity contribution in [3.05, 3.63) is 83.9 Å². The summed E-state index contributed by atoms with van der Waals surface area (Å²) in [5.41, 5.74) is 3.45. The second kappa shape index (κ2) is 8.41. The summed E-state index contributed by atoms with van der Waals surface area (Å²) in [7, 11) is 3.22. The Balaban J connectivity index is 1.86. The zero-order chi connectivity index (χ0) is 19.2. The van der Waals surface area contributed by atoms with E-state index in [1.165, 1.54) is 0 Å². The molecule has 0 aliphatic carbocycles. The molecule has 0 aliphatic heterocycles. The van der Waals surface area contributed by atoms with E-state index in [4.69, 9.17) is 9.47 Å². The largest absolute Gasteiger partial charge is 0.497 e. The van der Waals surface area contributed by atoms with Crippen LogP contribution in [0.5, 0.6) is 11.5 Å². The van der Waals surface area contributed by atoms with Crippen LogP contribution in [0.3, 0.4) is 0 Å². The zero-order valence-electron chi connectivity index (χ0n) is 15.7. The lowest BCUT2D eigenvalue weighted by atomic mass is 9.98. The highest BCUT2D eigenvalue weighted by atomic mass is 16.5. The van der Waals surface area contributed by atoms with E-state index in [0.29, 0.717) is 17.1 Å². The van der Waals surface area contributed by atoms with Crippen molar-refractivity contribution < 1.29 is 14.3 Å². The molecule has 1 amide bonds. The van der Waals surface area contributed by atoms with Crippen LogP contribution >= 0.6 is 0 Å². The Morgan fingerprint density at radius 2 is 1.59 bits per heavy atom. The Kier molecular flexibility index (Phi) is 5.77. The first-order chi connectivity index (χ1) is 13.1. The van der Waals surface area contributed by atoms with Crippen molar-refractivity contribution in [3.8, 4) is 22.6 Å². The third-order valence-electron chi connectivity index (χ3n) is 4.51. The van der Waals surface area contributed by atoms with Gasteiger partial charge in [-0.1, -0.05) is 48.5 Å². The van der Waals surface area contributed by atoms with Crippen LogP contribution in [0.1, 0.15) is 28.9 Å². The fraction of sp³-hybridized carbons (Fsp3) is 0.174. The first kappa shape index (κ1) is 18.5. The van der Waals surface area contributed by atoms with Crippen molar-refractivity contribution in [2.24, 2.45) is 0 Å². The Labute approximate surface area is 159 Å². The molecule has 0 aromatic heterocycles. The van der Waals surface area contributed by atoms with Gasteiger partial charge in [-0.2, -0.15) is 0 Å². The molecule has 0 heterocycles. The van der Waals surface area contributed by atoms with Crippen molar-refractivity contribution in [2.45, 2.75) is 13.0 Å². The zero-order valence-corrected chi connectivity index (χ0v) is 15.7. The van der Waals surface area contributed by atoms with Gasteiger partial charge in [0, 0.05) is 17.2 Å². The van der Waals surface area contributed by atoms with Crippen molar-refractivity contribution in [1.82, 2.24) is 5.32 Å². The average molecular weight is 361 g/mol. The van der Waals surface area contributed by atoms with Gasteiger partial charge in [0.25, 0.3) is 5.91 Å². The first-order valence-electron chi connectivity index (χ1n) is 8.81. The van der Waals surface area contributed by atoms with Gasteiger partial charge in [0.15, 0.2) is 0 Å². The van der Waals surface area contributed by atoms with Gasteiger partial charge in [-0.25, -0.2) is 0 Å². The van der Waals surface area contributed by atoms with Gasteiger partial charge in [-0.3, -0.25) is 4.79 Å². The van der Waals surface area contributed by atoms with Crippen LogP contribution in [0.25, 0.3) is 11.1 Å². The van der Waals surface area contributed by atoms with Crippen LogP contribution < -0.4 is 14.8 Å². The number of ether oxygens (including phenoxy) is 2. The van der Waals surface area contributed by atoms with E-state index in [-0.39, 0.29) is 11.9 Å². The second-order valence-electron chi connectivity index (χ2n) is 6.21. The van der Waals surface area contributed by atoms with Crippen molar-refractivity contribution in [2.75, 3.05) is 14.2 Å². The minimum Gasteiger partial charge on any atom is -0.497 e. The SMILES string of the molecule is COc1ccc(C(C)NC(=O)c2ccccc2-c2ccccc2)c(OC)c1. The first-order valence-corrected chi connectivity index (χ1v) is 8.81. The molecule has 27 heavy (non-hydrogen) atoms. The van der Waals surface area contributed by atoms with E-state index < -0.39 is 0 Å². The molecule has 0 spiro atoms. The highest BCUT2D eigenvalue weighted by Gasteiger charge is 2.18. The molecule has 4 nitrogen and oxygen atoms in total. The minimum absolute atomic E-state index is 0.125. The van der Waals surface area contributed by atoms with E-state index in [0.717, 1.165) is 16.7 Å². The fourth-order valence-electron chi connectivity index (χ4n) is 3.08. The maximum atomic E-state index is 13.0. The fourth-order valence-corrected chi connectivity index (χ4v) is 3.08. The summed E-state index contributed by atoms with van der Waals surface area (Å²) in [6, 6.07) is 22.9. The Morgan fingerprint density at radius 1 is 0.889 bits per heavy atom. The lowest BCUT2D eigenvalue weighted by Gasteiger charge is -2.19. The summed E-state index contributed by atoms with van der Waals surface area (Å²) in [5, 5.41) is 3.08. The smallest absolute Gasteiger partial charge is 0.252 e. The van der Waals surface area contributed by atoms with E-state index in [1.807, 2.05) is 79.7 Å². The predicted molar refractivity (Wildman–Crippen MR) is 107 cm³/mol. The highest BCUT2D eigenvalue weighted by Crippen LogP contribution is 2.30. The Morgan fingerprint density at radius 3 is 2.30 bits per heavy atom. The van der Waals surface area contributed by atoms with Gasteiger partial charge < -0.3 is 14.8 Å². The van der Waals surface area contributed by atoms with Crippen molar-refractivity contribution in [3.63, 3.8) is 0 Å². The second-order valence-corrected chi connectivity index (χ2v) is 6.21. The minimum atomic E-state index is -0.220. The number of hydrogen-bond acceptors (Lipinski definition) is 3. The maximum Gasteiger partial charge on any atom is 0.252 e. The van der Waals surface area contributed by atoms with Gasteiger partial charge in [0.05, 0.1) is 20.3 Å². The Bertz CT molecular complexity index is 922. The van der Waals surface area contributed by atoms with E-state index in [9.17, 15) is 4.79 Å². The molecule has 1 atom stereocenters. The summed E-state index contributed by atoms with van der Waals surface area (Å²) in [4.78, 5) is 13.0. The predicted octanol–water partition coefficient (Wildman–Crippen LogP) is 4.86. The molecule has 0 aliphatic rings. The average Bonchev–Trinajstić information content (AvgIpc) is 2.73. The summed E-state index contributed by atoms with van der Waals surface area (Å²) < 4.78 is 10.7. The topological polar surface area (TPSA) is 47.6 Å². The third-order valence-corrected chi connectivity index (χ3v) is 4.51. The van der Waals surface area contributed by atoms with Crippen molar-refractivity contribution >= 4 is 5.91 Å². The number of benzene rings is 3. The Hall–Kier alpha value is -3.27. The molecular formula is C23H23NO3. The molecule has 0 radical (unpaired) electrons. The molecule has 0 saturated carbocycles. The standard InChI is InChI=1S/C23H23NO3/c1-16(19-14-13-18(26-2)15-22(19)27-3)24-23(25)21-12-8-7-11-20(21)17-9-5-4-6-10-17/h4-16H,1-3H3,(H,24,25). The van der Waals surface area contributed by atoms with Crippen molar-refractivity contribution in [1.29, 1.82) is 0 Å². The molecule has 3 aromatic carbocycles. The van der Waals surface area contributed by atoms with Crippen LogP contribution in [-0.2, 0) is 0 Å². The number of amides is 1. The maximum absolute atomic E-state index is 13.0. The molecule has 0 saturated heterocycles. The van der Waals surface area contributed by atoms with Gasteiger partial charge in [-0.15, -0.1) is 0 Å². The number of carbonyl (C=O) groups excluding carboxylic acids is 1. The molecule has 138 valence electrons. The lowest BCUT2D eigenvalue weighted by Crippen LogP contribution is -2.27. The molecule has 1 unspecified atom stereocenters. The van der Waals surface area contributed by atoms with Crippen LogP contribution in [0.15, 0.2) is 72.8 Å². The molecule has 4 heteroatoms. The number of hydrogen-bond donors (Lipinski definition) is 1. The monoisotopic (exact) mass is 361 g/mol. The van der Waals surface area contributed by atoms with Gasteiger partial charge in [0.1, 0.15) is 11.5 Å². The molecule has 3 rings (SSSR count). The van der Waals surface area contributed by atoms with Gasteiger partial charge >= 0.3 is 0 Å². The van der Waals surface area contributed by atoms with E-state index in [1.54, 1.807) is 14.2 Å². The molecule has 0 fully saturated rings. The molecule has 0 bridgehead atoms. The number of nitrogens with one attached hydrogen (secondary N) is 1. The van der Waals surface area contributed by atoms with Crippen LogP contribution in [-0.4, -0.2) is 20.1 Å². The molecule has 3 aromatic rings. The van der Waals surface area contributed by atoms with Crippen LogP contribution in [0, 0.1) is 0 Å². The summed E-state index contributed by atoms with van der Waals surface area (Å²) in [5.74, 6) is 1.27. The van der Waals surface area contributed by atoms with Gasteiger partial charge in [-0.05, 0) is 36.2 Å². The summed E-state index contributed by atoms with van der Waals surface area (Å²) in [6.45, 7) is 1.94. The van der Waals surface area contributed by atoms with E-state index in [2.05, 4.69) is 5.32 Å². The molecule has 1 N–H and O–H groups in total. The quantitative estimate of drug-likeness (QED) is 0.682. The molecular weight excluding hydrogens is 338 g/mol. The highest BCUT2D eigenvalue weighted by molar-refractivity contribution is 6.01. The van der Waals surface area contributed by atoms with Crippen LogP contribution in [0.4, 0.5) is 0 Å². The summed E-state index contributed by atoms with van der Waals surface area (Å²) in [6.07, 6.45) is 0. The van der Waals surface area contributed by atoms with Gasteiger partial charge in [0.2, 0.25) is 0 Å². The third kappa shape index (κ3) is 4.11. The number of rotatable bonds is 6. The number of methoxy groups -OCH3 is 2.